The fourth-order valence-corrected chi connectivity index (χ4v) is 1.19. The lowest BCUT2D eigenvalue weighted by Crippen LogP contribution is -2.06. The molecule has 0 bridgehead atoms. The minimum absolute atomic E-state index is 0.0666. The van der Waals surface area contributed by atoms with Crippen LogP contribution in [-0.4, -0.2) is 19.0 Å². The highest BCUT2D eigenvalue weighted by atomic mass is 32.2. The van der Waals surface area contributed by atoms with Crippen LogP contribution in [0.15, 0.2) is 29.2 Å². The molecule has 15 heavy (non-hydrogen) atoms. The number of hydrogen-bond donors (Lipinski definition) is 2. The van der Waals surface area contributed by atoms with Gasteiger partial charge in [0, 0.05) is 0 Å². The minimum atomic E-state index is -4.02. The van der Waals surface area contributed by atoms with Gasteiger partial charge in [-0.05, 0) is 25.1 Å². The van der Waals surface area contributed by atoms with Gasteiger partial charge in [-0.3, -0.25) is 4.55 Å². The summed E-state index contributed by atoms with van der Waals surface area (Å²) in [7, 11) is -4.02. The highest BCUT2D eigenvalue weighted by Gasteiger charge is 2.06. The molecule has 1 rings (SSSR count). The molecule has 1 aromatic rings. The molecular weight excluding hydrogens is 214 g/mol. The maximum absolute atomic E-state index is 10.5. The molecule has 0 saturated carbocycles. The number of aryl methyl sites for hydroxylation is 1. The Morgan fingerprint density at radius 1 is 1.20 bits per heavy atom. The van der Waals surface area contributed by atoms with Crippen molar-refractivity contribution in [1.82, 2.24) is 0 Å². The molecule has 0 radical (unpaired) electrons. The average molecular weight is 231 g/mol. The molecule has 4 nitrogen and oxygen atoms in total. The average Bonchev–Trinajstić information content (AvgIpc) is 2.01. The lowest BCUT2D eigenvalue weighted by Gasteiger charge is -1.95. The van der Waals surface area contributed by atoms with Gasteiger partial charge in [0.05, 0.1) is 4.90 Å². The molecule has 0 atom stereocenters. The third kappa shape index (κ3) is 7.07. The van der Waals surface area contributed by atoms with Crippen molar-refractivity contribution in [3.8, 4) is 0 Å². The second-order valence-corrected chi connectivity index (χ2v) is 4.95. The smallest absolute Gasteiger partial charge is 0.294 e. The summed E-state index contributed by atoms with van der Waals surface area (Å²) >= 11 is 0. The Labute approximate surface area is 90.9 Å². The van der Waals surface area contributed by atoms with Crippen molar-refractivity contribution in [2.75, 3.05) is 0 Å². The van der Waals surface area contributed by atoms with Crippen LogP contribution in [0.1, 0.15) is 19.4 Å². The highest BCUT2D eigenvalue weighted by molar-refractivity contribution is 7.85. The molecule has 0 amide bonds. The van der Waals surface area contributed by atoms with Crippen LogP contribution in [0.25, 0.3) is 0 Å². The van der Waals surface area contributed by atoms with E-state index in [1.165, 1.54) is 12.1 Å². The highest BCUT2D eigenvalue weighted by Crippen LogP contribution is 2.08. The molecule has 5 heteroatoms. The largest absolute Gasteiger partial charge is 0.328 e. The van der Waals surface area contributed by atoms with Crippen molar-refractivity contribution in [3.63, 3.8) is 0 Å². The van der Waals surface area contributed by atoms with Gasteiger partial charge in [0.15, 0.2) is 0 Å². The summed E-state index contributed by atoms with van der Waals surface area (Å²) in [4.78, 5) is -0.0666. The van der Waals surface area contributed by atoms with Crippen molar-refractivity contribution in [1.29, 1.82) is 0 Å². The van der Waals surface area contributed by atoms with E-state index in [9.17, 15) is 8.42 Å². The molecule has 0 aliphatic rings. The molecule has 0 aliphatic heterocycles. The van der Waals surface area contributed by atoms with Crippen LogP contribution in [0, 0.1) is 6.92 Å². The number of rotatable bonds is 1. The number of benzene rings is 1. The predicted molar refractivity (Wildman–Crippen MR) is 60.3 cm³/mol. The predicted octanol–water partition coefficient (Wildman–Crippen LogP) is 1.60. The Morgan fingerprint density at radius 3 is 1.80 bits per heavy atom. The SMILES string of the molecule is CC(C)N.Cc1ccc(S(=O)(=O)O)cc1. The first-order valence-electron chi connectivity index (χ1n) is 4.53. The maximum Gasteiger partial charge on any atom is 0.294 e. The van der Waals surface area contributed by atoms with Gasteiger partial charge in [0.2, 0.25) is 0 Å². The molecule has 0 aliphatic carbocycles. The molecule has 0 fully saturated rings. The normalized spacial score (nSPS) is 10.8. The number of hydrogen-bond acceptors (Lipinski definition) is 3. The molecule has 0 saturated heterocycles. The van der Waals surface area contributed by atoms with Gasteiger partial charge in [0.1, 0.15) is 0 Å². The van der Waals surface area contributed by atoms with E-state index in [0.717, 1.165) is 5.56 Å². The van der Waals surface area contributed by atoms with Crippen LogP contribution in [0.2, 0.25) is 0 Å². The standard InChI is InChI=1S/C7H8O3S.C3H9N/c1-6-2-4-7(5-3-6)11(8,9)10;1-3(2)4/h2-5H,1H3,(H,8,9,10);3H,4H2,1-2H3. The zero-order chi connectivity index (χ0) is 12.1. The van der Waals surface area contributed by atoms with Crippen LogP contribution in [0.4, 0.5) is 0 Å². The van der Waals surface area contributed by atoms with Crippen LogP contribution in [-0.2, 0) is 10.1 Å². The van der Waals surface area contributed by atoms with Crippen molar-refractivity contribution in [3.05, 3.63) is 29.8 Å². The molecular formula is C10H17NO3S. The van der Waals surface area contributed by atoms with E-state index in [1.807, 2.05) is 20.8 Å². The first-order chi connectivity index (χ1) is 6.73. The van der Waals surface area contributed by atoms with E-state index in [4.69, 9.17) is 10.3 Å². The van der Waals surface area contributed by atoms with E-state index in [2.05, 4.69) is 0 Å². The van der Waals surface area contributed by atoms with Gasteiger partial charge in [0.25, 0.3) is 10.1 Å². The zero-order valence-electron chi connectivity index (χ0n) is 9.14. The summed E-state index contributed by atoms with van der Waals surface area (Å²) in [6.45, 7) is 5.73. The molecule has 86 valence electrons. The molecule has 0 spiro atoms. The van der Waals surface area contributed by atoms with Crippen molar-refractivity contribution in [2.45, 2.75) is 31.7 Å². The van der Waals surface area contributed by atoms with Crippen LogP contribution < -0.4 is 5.73 Å². The first-order valence-corrected chi connectivity index (χ1v) is 5.97. The Bertz CT molecular complexity index is 379. The molecule has 0 aromatic heterocycles. The maximum atomic E-state index is 10.5. The topological polar surface area (TPSA) is 80.4 Å². The fraction of sp³-hybridized carbons (Fsp3) is 0.400. The van der Waals surface area contributed by atoms with Gasteiger partial charge in [-0.2, -0.15) is 8.42 Å². The Kier molecular flexibility index (Phi) is 5.49. The van der Waals surface area contributed by atoms with Crippen molar-refractivity contribution >= 4 is 10.1 Å². The van der Waals surface area contributed by atoms with Gasteiger partial charge >= 0.3 is 0 Å². The zero-order valence-corrected chi connectivity index (χ0v) is 9.95. The summed E-state index contributed by atoms with van der Waals surface area (Å²) in [5.74, 6) is 0. The second kappa shape index (κ2) is 5.85. The van der Waals surface area contributed by atoms with Gasteiger partial charge in [-0.1, -0.05) is 31.5 Å². The summed E-state index contributed by atoms with van der Waals surface area (Å²) in [5.41, 5.74) is 6.07. The molecule has 1 aromatic carbocycles. The minimum Gasteiger partial charge on any atom is -0.328 e. The second-order valence-electron chi connectivity index (χ2n) is 3.53. The van der Waals surface area contributed by atoms with E-state index < -0.39 is 10.1 Å². The van der Waals surface area contributed by atoms with E-state index in [-0.39, 0.29) is 4.90 Å². The summed E-state index contributed by atoms with van der Waals surface area (Å²) < 4.78 is 29.6. The monoisotopic (exact) mass is 231 g/mol. The van der Waals surface area contributed by atoms with Gasteiger partial charge < -0.3 is 5.73 Å². The Morgan fingerprint density at radius 2 is 1.53 bits per heavy atom. The van der Waals surface area contributed by atoms with E-state index in [1.54, 1.807) is 12.1 Å². The fourth-order valence-electron chi connectivity index (χ4n) is 0.710. The molecule has 0 heterocycles. The van der Waals surface area contributed by atoms with Crippen LogP contribution in [0.3, 0.4) is 0 Å². The summed E-state index contributed by atoms with van der Waals surface area (Å²) in [6.07, 6.45) is 0. The molecule has 0 unspecified atom stereocenters. The van der Waals surface area contributed by atoms with E-state index >= 15 is 0 Å². The van der Waals surface area contributed by atoms with Crippen molar-refractivity contribution < 1.29 is 13.0 Å². The van der Waals surface area contributed by atoms with Crippen LogP contribution in [0.5, 0.6) is 0 Å². The lowest BCUT2D eigenvalue weighted by atomic mass is 10.2. The third-order valence-electron chi connectivity index (χ3n) is 1.32. The van der Waals surface area contributed by atoms with Gasteiger partial charge in [-0.15, -0.1) is 0 Å². The van der Waals surface area contributed by atoms with Crippen molar-refractivity contribution in [2.24, 2.45) is 5.73 Å². The third-order valence-corrected chi connectivity index (χ3v) is 2.19. The summed E-state index contributed by atoms with van der Waals surface area (Å²) in [6, 6.07) is 6.32. The molecule has 3 N–H and O–H groups in total. The number of nitrogens with two attached hydrogens (primary N) is 1. The van der Waals surface area contributed by atoms with E-state index in [0.29, 0.717) is 6.04 Å². The quantitative estimate of drug-likeness (QED) is 0.719. The summed E-state index contributed by atoms with van der Waals surface area (Å²) in [5, 5.41) is 0. The first kappa shape index (κ1) is 14.1. The van der Waals surface area contributed by atoms with Crippen LogP contribution >= 0.6 is 0 Å². The van der Waals surface area contributed by atoms with Gasteiger partial charge in [-0.25, -0.2) is 0 Å². The lowest BCUT2D eigenvalue weighted by molar-refractivity contribution is 0.483. The Balaban J connectivity index is 0.000000423. The Hall–Kier alpha value is -0.910.